The molecule has 0 N–H and O–H groups in total. The molecule has 1 aliphatic rings. The minimum absolute atomic E-state index is 0.756. The van der Waals surface area contributed by atoms with Crippen molar-refractivity contribution in [3.05, 3.63) is 36.0 Å². The maximum Gasteiger partial charge on any atom is 0.245 e. The number of rotatable bonds is 6. The molecule has 128 valence electrons. The molecule has 5 heteroatoms. The predicted molar refractivity (Wildman–Crippen MR) is 96.0 cm³/mol. The maximum atomic E-state index is 5.15. The molecule has 3 rings (SSSR count). The molecule has 0 atom stereocenters. The summed E-state index contributed by atoms with van der Waals surface area (Å²) in [6.07, 6.45) is 6.55. The van der Waals surface area contributed by atoms with E-state index in [0.717, 1.165) is 49.2 Å². The van der Waals surface area contributed by atoms with Gasteiger partial charge in [0, 0.05) is 32.4 Å². The van der Waals surface area contributed by atoms with E-state index in [9.17, 15) is 0 Å². The molecule has 0 aliphatic carbocycles. The topological polar surface area (TPSA) is 51.1 Å². The lowest BCUT2D eigenvalue weighted by molar-refractivity contribution is 0.183. The van der Waals surface area contributed by atoms with E-state index in [2.05, 4.69) is 34.2 Å². The predicted octanol–water partition coefficient (Wildman–Crippen LogP) is 3.49. The number of methoxy groups -OCH3 is 1. The largest absolute Gasteiger partial charge is 0.385 e. The van der Waals surface area contributed by atoms with Crippen LogP contribution < -0.4 is 4.90 Å². The van der Waals surface area contributed by atoms with Gasteiger partial charge >= 0.3 is 0 Å². The Morgan fingerprint density at radius 1 is 1.21 bits per heavy atom. The van der Waals surface area contributed by atoms with Crippen LogP contribution in [0.2, 0.25) is 0 Å². The van der Waals surface area contributed by atoms with Gasteiger partial charge in [0.15, 0.2) is 0 Å². The number of nitrogens with zero attached hydrogens (tertiary/aromatic N) is 4. The summed E-state index contributed by atoms with van der Waals surface area (Å²) in [5.74, 6) is 1.55. The van der Waals surface area contributed by atoms with Crippen molar-refractivity contribution in [1.29, 1.82) is 0 Å². The summed E-state index contributed by atoms with van der Waals surface area (Å²) in [4.78, 5) is 7.03. The van der Waals surface area contributed by atoms with Gasteiger partial charge in [0.05, 0.1) is 11.9 Å². The molecule has 0 bridgehead atoms. The number of benzene rings is 1. The molecule has 2 heterocycles. The van der Waals surface area contributed by atoms with E-state index in [4.69, 9.17) is 9.72 Å². The van der Waals surface area contributed by atoms with E-state index in [1.54, 1.807) is 13.3 Å². The van der Waals surface area contributed by atoms with Crippen LogP contribution in [0, 0.1) is 12.8 Å². The Morgan fingerprint density at radius 2 is 2.00 bits per heavy atom. The Balaban J connectivity index is 1.64. The molecular weight excluding hydrogens is 300 g/mol. The second kappa shape index (κ2) is 8.20. The van der Waals surface area contributed by atoms with Gasteiger partial charge < -0.3 is 9.64 Å². The number of ether oxygens (including phenoxy) is 1. The smallest absolute Gasteiger partial charge is 0.245 e. The molecule has 5 nitrogen and oxygen atoms in total. The molecule has 1 fully saturated rings. The molecular formula is C19H26N4O. The van der Waals surface area contributed by atoms with Gasteiger partial charge in [-0.2, -0.15) is 5.10 Å². The van der Waals surface area contributed by atoms with Gasteiger partial charge in [0.2, 0.25) is 5.95 Å². The van der Waals surface area contributed by atoms with Crippen molar-refractivity contribution in [3.8, 4) is 11.3 Å². The second-order valence-electron chi connectivity index (χ2n) is 6.52. The molecule has 2 aromatic rings. The third kappa shape index (κ3) is 4.09. The number of aryl methyl sites for hydroxylation is 1. The monoisotopic (exact) mass is 326 g/mol. The number of hydrogen-bond donors (Lipinski definition) is 0. The van der Waals surface area contributed by atoms with E-state index in [0.29, 0.717) is 0 Å². The van der Waals surface area contributed by atoms with E-state index < -0.39 is 0 Å². The third-order valence-corrected chi connectivity index (χ3v) is 4.83. The first-order chi connectivity index (χ1) is 11.8. The fraction of sp³-hybridized carbons (Fsp3) is 0.526. The first-order valence-corrected chi connectivity index (χ1v) is 8.77. The minimum Gasteiger partial charge on any atom is -0.385 e. The molecule has 0 unspecified atom stereocenters. The third-order valence-electron chi connectivity index (χ3n) is 4.83. The average molecular weight is 326 g/mol. The summed E-state index contributed by atoms with van der Waals surface area (Å²) in [6.45, 7) is 4.99. The number of hydrogen-bond acceptors (Lipinski definition) is 5. The van der Waals surface area contributed by atoms with Crippen molar-refractivity contribution >= 4 is 5.95 Å². The first kappa shape index (κ1) is 16.8. The average Bonchev–Trinajstić information content (AvgIpc) is 2.63. The molecule has 0 radical (unpaired) electrons. The number of piperidine rings is 1. The Labute approximate surface area is 144 Å². The van der Waals surface area contributed by atoms with Crippen molar-refractivity contribution in [3.63, 3.8) is 0 Å². The fourth-order valence-electron chi connectivity index (χ4n) is 3.36. The highest BCUT2D eigenvalue weighted by Crippen LogP contribution is 2.26. The SMILES string of the molecule is COCCCC1CCN(c2nncc(-c3ccccc3C)n2)CC1. The molecule has 0 saturated carbocycles. The highest BCUT2D eigenvalue weighted by molar-refractivity contribution is 5.63. The minimum atomic E-state index is 0.756. The summed E-state index contributed by atoms with van der Waals surface area (Å²) in [6, 6.07) is 8.27. The van der Waals surface area contributed by atoms with Crippen LogP contribution in [-0.2, 0) is 4.74 Å². The van der Waals surface area contributed by atoms with Gasteiger partial charge in [-0.1, -0.05) is 24.3 Å². The summed E-state index contributed by atoms with van der Waals surface area (Å²) >= 11 is 0. The van der Waals surface area contributed by atoms with Crippen LogP contribution in [0.25, 0.3) is 11.3 Å². The van der Waals surface area contributed by atoms with Crippen LogP contribution in [0.3, 0.4) is 0 Å². The highest BCUT2D eigenvalue weighted by Gasteiger charge is 2.21. The van der Waals surface area contributed by atoms with Gasteiger partial charge in [-0.05, 0) is 44.1 Å². The van der Waals surface area contributed by atoms with Crippen molar-refractivity contribution in [2.75, 3.05) is 31.7 Å². The molecule has 1 aromatic heterocycles. The molecule has 1 saturated heterocycles. The van der Waals surface area contributed by atoms with Gasteiger partial charge in [-0.15, -0.1) is 5.10 Å². The van der Waals surface area contributed by atoms with Gasteiger partial charge in [-0.3, -0.25) is 0 Å². The van der Waals surface area contributed by atoms with E-state index in [-0.39, 0.29) is 0 Å². The molecule has 0 amide bonds. The second-order valence-corrected chi connectivity index (χ2v) is 6.52. The van der Waals surface area contributed by atoms with E-state index in [1.165, 1.54) is 24.8 Å². The standard InChI is InChI=1S/C19H26N4O/c1-15-6-3-4-8-17(15)18-14-20-22-19(21-18)23-11-9-16(10-12-23)7-5-13-24-2/h3-4,6,8,14,16H,5,7,9-13H2,1-2H3. The summed E-state index contributed by atoms with van der Waals surface area (Å²) in [5, 5.41) is 8.45. The van der Waals surface area contributed by atoms with Crippen molar-refractivity contribution in [2.24, 2.45) is 5.92 Å². The normalized spacial score (nSPS) is 15.7. The Hall–Kier alpha value is -2.01. The molecule has 24 heavy (non-hydrogen) atoms. The van der Waals surface area contributed by atoms with Gasteiger partial charge in [-0.25, -0.2) is 4.98 Å². The molecule has 1 aromatic carbocycles. The van der Waals surface area contributed by atoms with E-state index in [1.807, 2.05) is 12.1 Å². The van der Waals surface area contributed by atoms with Gasteiger partial charge in [0.1, 0.15) is 0 Å². The number of aromatic nitrogens is 3. The van der Waals surface area contributed by atoms with E-state index >= 15 is 0 Å². The zero-order chi connectivity index (χ0) is 16.8. The zero-order valence-electron chi connectivity index (χ0n) is 14.6. The lowest BCUT2D eigenvalue weighted by Crippen LogP contribution is -2.35. The van der Waals surface area contributed by atoms with Crippen LogP contribution in [0.1, 0.15) is 31.2 Å². The zero-order valence-corrected chi connectivity index (χ0v) is 14.6. The van der Waals surface area contributed by atoms with Crippen LogP contribution in [-0.4, -0.2) is 42.0 Å². The Bertz CT molecular complexity index is 653. The quantitative estimate of drug-likeness (QED) is 0.761. The molecule has 1 aliphatic heterocycles. The Kier molecular flexibility index (Phi) is 5.75. The van der Waals surface area contributed by atoms with Crippen LogP contribution in [0.4, 0.5) is 5.95 Å². The van der Waals surface area contributed by atoms with Crippen LogP contribution in [0.15, 0.2) is 30.5 Å². The molecule has 0 spiro atoms. The van der Waals surface area contributed by atoms with Crippen molar-refractivity contribution < 1.29 is 4.74 Å². The van der Waals surface area contributed by atoms with Crippen molar-refractivity contribution in [1.82, 2.24) is 15.2 Å². The summed E-state index contributed by atoms with van der Waals surface area (Å²) < 4.78 is 5.15. The summed E-state index contributed by atoms with van der Waals surface area (Å²) in [7, 11) is 1.77. The first-order valence-electron chi connectivity index (χ1n) is 8.77. The fourth-order valence-corrected chi connectivity index (χ4v) is 3.36. The van der Waals surface area contributed by atoms with Crippen molar-refractivity contribution in [2.45, 2.75) is 32.6 Å². The number of anilines is 1. The summed E-state index contributed by atoms with van der Waals surface area (Å²) in [5.41, 5.74) is 3.24. The van der Waals surface area contributed by atoms with Crippen LogP contribution in [0.5, 0.6) is 0 Å². The Morgan fingerprint density at radius 3 is 2.75 bits per heavy atom. The van der Waals surface area contributed by atoms with Gasteiger partial charge in [0.25, 0.3) is 0 Å². The highest BCUT2D eigenvalue weighted by atomic mass is 16.5. The lowest BCUT2D eigenvalue weighted by Gasteiger charge is -2.31. The van der Waals surface area contributed by atoms with Crippen LogP contribution >= 0.6 is 0 Å². The lowest BCUT2D eigenvalue weighted by atomic mass is 9.92. The maximum absolute atomic E-state index is 5.15.